The SMILES string of the molecule is CC1(C)N=C(N)N=C(N)N1OCc1ccc(F)c(-c2ccc(F)cc2)c1. The van der Waals surface area contributed by atoms with Gasteiger partial charge in [-0.2, -0.15) is 10.1 Å². The van der Waals surface area contributed by atoms with Gasteiger partial charge in [0.15, 0.2) is 5.66 Å². The zero-order valence-corrected chi connectivity index (χ0v) is 14.4. The highest BCUT2D eigenvalue weighted by molar-refractivity contribution is 5.95. The van der Waals surface area contributed by atoms with Gasteiger partial charge < -0.3 is 11.5 Å². The van der Waals surface area contributed by atoms with Gasteiger partial charge in [0.05, 0.1) is 0 Å². The Morgan fingerprint density at radius 3 is 2.42 bits per heavy atom. The molecule has 0 bridgehead atoms. The van der Waals surface area contributed by atoms with Crippen molar-refractivity contribution in [3.05, 3.63) is 59.7 Å². The Bertz CT molecular complexity index is 878. The Morgan fingerprint density at radius 1 is 1.08 bits per heavy atom. The first-order valence-corrected chi connectivity index (χ1v) is 7.93. The molecule has 1 aliphatic rings. The van der Waals surface area contributed by atoms with E-state index in [2.05, 4.69) is 9.98 Å². The average Bonchev–Trinajstić information content (AvgIpc) is 2.55. The second-order valence-electron chi connectivity index (χ2n) is 6.32. The monoisotopic (exact) mass is 359 g/mol. The molecule has 0 unspecified atom stereocenters. The summed E-state index contributed by atoms with van der Waals surface area (Å²) in [7, 11) is 0. The quantitative estimate of drug-likeness (QED) is 0.878. The number of nitrogens with two attached hydrogens (primary N) is 2. The van der Waals surface area contributed by atoms with Crippen LogP contribution >= 0.6 is 0 Å². The number of hydrogen-bond donors (Lipinski definition) is 2. The van der Waals surface area contributed by atoms with Crippen molar-refractivity contribution in [3.8, 4) is 11.1 Å². The topological polar surface area (TPSA) is 89.2 Å². The fourth-order valence-electron chi connectivity index (χ4n) is 2.67. The van der Waals surface area contributed by atoms with Crippen LogP contribution in [0.5, 0.6) is 0 Å². The minimum Gasteiger partial charge on any atom is -0.368 e. The molecule has 0 radical (unpaired) electrons. The molecule has 1 heterocycles. The van der Waals surface area contributed by atoms with Crippen molar-refractivity contribution in [2.24, 2.45) is 21.5 Å². The summed E-state index contributed by atoms with van der Waals surface area (Å²) in [6, 6.07) is 10.2. The Morgan fingerprint density at radius 2 is 1.77 bits per heavy atom. The van der Waals surface area contributed by atoms with Gasteiger partial charge in [-0.1, -0.05) is 18.2 Å². The van der Waals surface area contributed by atoms with Crippen LogP contribution in [-0.2, 0) is 11.4 Å². The molecule has 26 heavy (non-hydrogen) atoms. The van der Waals surface area contributed by atoms with Crippen molar-refractivity contribution < 1.29 is 13.6 Å². The molecule has 0 atom stereocenters. The van der Waals surface area contributed by atoms with Gasteiger partial charge in [-0.3, -0.25) is 4.84 Å². The van der Waals surface area contributed by atoms with Gasteiger partial charge in [-0.25, -0.2) is 13.8 Å². The highest BCUT2D eigenvalue weighted by Gasteiger charge is 2.33. The number of hydroxylamine groups is 2. The highest BCUT2D eigenvalue weighted by atomic mass is 19.1. The van der Waals surface area contributed by atoms with E-state index in [-0.39, 0.29) is 24.3 Å². The van der Waals surface area contributed by atoms with E-state index in [0.717, 1.165) is 0 Å². The van der Waals surface area contributed by atoms with Crippen molar-refractivity contribution >= 4 is 11.9 Å². The van der Waals surface area contributed by atoms with Crippen molar-refractivity contribution in [1.29, 1.82) is 0 Å². The zero-order chi connectivity index (χ0) is 18.9. The Hall–Kier alpha value is -3.00. The van der Waals surface area contributed by atoms with Crippen molar-refractivity contribution in [1.82, 2.24) is 5.06 Å². The van der Waals surface area contributed by atoms with Crippen LogP contribution in [0, 0.1) is 11.6 Å². The van der Waals surface area contributed by atoms with Crippen LogP contribution in [0.4, 0.5) is 8.78 Å². The summed E-state index contributed by atoms with van der Waals surface area (Å²) < 4.78 is 27.2. The lowest BCUT2D eigenvalue weighted by Crippen LogP contribution is -2.53. The molecule has 136 valence electrons. The Labute approximate surface area is 149 Å². The van der Waals surface area contributed by atoms with Crippen molar-refractivity contribution in [2.45, 2.75) is 26.1 Å². The van der Waals surface area contributed by atoms with E-state index in [0.29, 0.717) is 16.7 Å². The van der Waals surface area contributed by atoms with E-state index in [1.165, 1.54) is 35.4 Å². The van der Waals surface area contributed by atoms with E-state index in [1.54, 1.807) is 26.0 Å². The first-order valence-electron chi connectivity index (χ1n) is 7.93. The maximum atomic E-state index is 14.2. The fraction of sp³-hybridized carbons (Fsp3) is 0.222. The molecular weight excluding hydrogens is 340 g/mol. The van der Waals surface area contributed by atoms with E-state index in [9.17, 15) is 8.78 Å². The van der Waals surface area contributed by atoms with E-state index in [1.807, 2.05) is 0 Å². The highest BCUT2D eigenvalue weighted by Crippen LogP contribution is 2.26. The molecule has 0 aliphatic carbocycles. The van der Waals surface area contributed by atoms with Crippen LogP contribution in [0.15, 0.2) is 52.4 Å². The molecular formula is C18H19F2N5O. The summed E-state index contributed by atoms with van der Waals surface area (Å²) in [6.45, 7) is 3.66. The van der Waals surface area contributed by atoms with Gasteiger partial charge in [0.25, 0.3) is 0 Å². The normalized spacial score (nSPS) is 16.2. The summed E-state index contributed by atoms with van der Waals surface area (Å²) in [5.41, 5.74) is 12.3. The number of rotatable bonds is 4. The number of nitrogens with zero attached hydrogens (tertiary/aromatic N) is 3. The first kappa shape index (κ1) is 17.8. The maximum Gasteiger partial charge on any atom is 0.226 e. The third-order valence-electron chi connectivity index (χ3n) is 3.87. The lowest BCUT2D eigenvalue weighted by Gasteiger charge is -2.36. The van der Waals surface area contributed by atoms with Crippen LogP contribution < -0.4 is 11.5 Å². The molecule has 3 rings (SSSR count). The third kappa shape index (κ3) is 3.65. The van der Waals surface area contributed by atoms with E-state index >= 15 is 0 Å². The minimum absolute atomic E-state index is 0.0766. The van der Waals surface area contributed by atoms with E-state index in [4.69, 9.17) is 16.3 Å². The Balaban J connectivity index is 1.80. The summed E-state index contributed by atoms with van der Waals surface area (Å²) >= 11 is 0. The summed E-state index contributed by atoms with van der Waals surface area (Å²) in [6.07, 6.45) is 0. The predicted octanol–water partition coefficient (Wildman–Crippen LogP) is 2.74. The number of halogens is 2. The first-order chi connectivity index (χ1) is 12.3. The van der Waals surface area contributed by atoms with Gasteiger partial charge in [0.1, 0.15) is 18.2 Å². The average molecular weight is 359 g/mol. The van der Waals surface area contributed by atoms with Gasteiger partial charge in [0, 0.05) is 5.56 Å². The van der Waals surface area contributed by atoms with Gasteiger partial charge >= 0.3 is 0 Å². The smallest absolute Gasteiger partial charge is 0.226 e. The molecule has 0 aromatic heterocycles. The molecule has 0 fully saturated rings. The number of hydrogen-bond acceptors (Lipinski definition) is 6. The molecule has 0 saturated carbocycles. The standard InChI is InChI=1S/C18H19F2N5O/c1-18(2)24-16(21)23-17(22)25(18)26-10-11-3-8-15(20)14(9-11)12-4-6-13(19)7-5-12/h3-9H,10H2,1-2H3,(H4,21,22,23,24). The summed E-state index contributed by atoms with van der Waals surface area (Å²) in [5.74, 6) is -0.622. The molecule has 2 aromatic rings. The summed E-state index contributed by atoms with van der Waals surface area (Å²) in [5, 5.41) is 1.35. The molecule has 2 aromatic carbocycles. The van der Waals surface area contributed by atoms with Crippen LogP contribution in [0.2, 0.25) is 0 Å². The molecule has 0 amide bonds. The summed E-state index contributed by atoms with van der Waals surface area (Å²) in [4.78, 5) is 13.8. The van der Waals surface area contributed by atoms with Gasteiger partial charge in [0.2, 0.25) is 11.9 Å². The lowest BCUT2D eigenvalue weighted by atomic mass is 10.0. The predicted molar refractivity (Wildman–Crippen MR) is 95.7 cm³/mol. The zero-order valence-electron chi connectivity index (χ0n) is 14.4. The molecule has 0 spiro atoms. The maximum absolute atomic E-state index is 14.2. The second-order valence-corrected chi connectivity index (χ2v) is 6.32. The van der Waals surface area contributed by atoms with Crippen LogP contribution in [0.3, 0.4) is 0 Å². The lowest BCUT2D eigenvalue weighted by molar-refractivity contribution is -0.166. The number of aliphatic imine (C=N–C) groups is 2. The van der Waals surface area contributed by atoms with E-state index < -0.39 is 11.5 Å². The number of benzene rings is 2. The minimum atomic E-state index is -0.824. The van der Waals surface area contributed by atoms with Crippen LogP contribution in [0.25, 0.3) is 11.1 Å². The Kier molecular flexibility index (Phi) is 4.60. The molecule has 8 heteroatoms. The van der Waals surface area contributed by atoms with Crippen molar-refractivity contribution in [3.63, 3.8) is 0 Å². The van der Waals surface area contributed by atoms with Crippen LogP contribution in [-0.4, -0.2) is 22.6 Å². The molecule has 4 N–H and O–H groups in total. The third-order valence-corrected chi connectivity index (χ3v) is 3.87. The number of guanidine groups is 2. The van der Waals surface area contributed by atoms with Crippen LogP contribution in [0.1, 0.15) is 19.4 Å². The fourth-order valence-corrected chi connectivity index (χ4v) is 2.67. The van der Waals surface area contributed by atoms with Crippen molar-refractivity contribution in [2.75, 3.05) is 0 Å². The molecule has 0 saturated heterocycles. The largest absolute Gasteiger partial charge is 0.368 e. The molecule has 6 nitrogen and oxygen atoms in total. The molecule has 1 aliphatic heterocycles. The van der Waals surface area contributed by atoms with Gasteiger partial charge in [-0.05, 0) is 49.2 Å². The van der Waals surface area contributed by atoms with Gasteiger partial charge in [-0.15, -0.1) is 0 Å². The second kappa shape index (κ2) is 6.72.